The monoisotopic (exact) mass is 470 g/mol. The van der Waals surface area contributed by atoms with Crippen molar-refractivity contribution in [2.24, 2.45) is 0 Å². The second-order valence-electron chi connectivity index (χ2n) is 7.78. The van der Waals surface area contributed by atoms with E-state index in [1.165, 1.54) is 17.4 Å². The SMILES string of the molecule is FC(F)(F)c1cccc(Nc2nc(CN3CCOCC3)nc3scc(-c4ccccc4)c23)c1. The Balaban J connectivity index is 1.58. The third-order valence-electron chi connectivity index (χ3n) is 5.49. The van der Waals surface area contributed by atoms with Crippen LogP contribution in [0.4, 0.5) is 24.7 Å². The number of thiophene rings is 1. The summed E-state index contributed by atoms with van der Waals surface area (Å²) in [6, 6.07) is 15.0. The van der Waals surface area contributed by atoms with E-state index in [2.05, 4.69) is 10.2 Å². The van der Waals surface area contributed by atoms with E-state index in [0.29, 0.717) is 37.1 Å². The molecule has 1 fully saturated rings. The Morgan fingerprint density at radius 1 is 1.00 bits per heavy atom. The zero-order valence-electron chi connectivity index (χ0n) is 17.6. The highest BCUT2D eigenvalue weighted by Crippen LogP contribution is 2.38. The molecule has 0 amide bonds. The normalized spacial score (nSPS) is 15.1. The molecule has 4 aromatic rings. The quantitative estimate of drug-likeness (QED) is 0.391. The topological polar surface area (TPSA) is 50.3 Å². The van der Waals surface area contributed by atoms with Crippen LogP contribution in [0.1, 0.15) is 11.4 Å². The third kappa shape index (κ3) is 4.85. The highest BCUT2D eigenvalue weighted by atomic mass is 32.1. The summed E-state index contributed by atoms with van der Waals surface area (Å²) in [4.78, 5) is 12.5. The molecule has 9 heteroatoms. The number of hydrogen-bond donors (Lipinski definition) is 1. The first kappa shape index (κ1) is 21.8. The lowest BCUT2D eigenvalue weighted by Gasteiger charge is -2.25. The second-order valence-corrected chi connectivity index (χ2v) is 8.63. The molecule has 1 saturated heterocycles. The molecule has 0 atom stereocenters. The lowest BCUT2D eigenvalue weighted by Crippen LogP contribution is -2.36. The molecule has 2 aromatic carbocycles. The van der Waals surface area contributed by atoms with Gasteiger partial charge in [0.1, 0.15) is 16.5 Å². The summed E-state index contributed by atoms with van der Waals surface area (Å²) in [6.45, 7) is 3.45. The fourth-order valence-corrected chi connectivity index (χ4v) is 4.81. The summed E-state index contributed by atoms with van der Waals surface area (Å²) in [5, 5.41) is 5.96. The molecule has 33 heavy (non-hydrogen) atoms. The summed E-state index contributed by atoms with van der Waals surface area (Å²) in [7, 11) is 0. The fourth-order valence-electron chi connectivity index (χ4n) is 3.85. The molecule has 0 bridgehead atoms. The first-order chi connectivity index (χ1) is 16.0. The number of nitrogens with one attached hydrogen (secondary N) is 1. The van der Waals surface area contributed by atoms with Crippen LogP contribution >= 0.6 is 11.3 Å². The van der Waals surface area contributed by atoms with Gasteiger partial charge in [-0.15, -0.1) is 11.3 Å². The minimum absolute atomic E-state index is 0.326. The van der Waals surface area contributed by atoms with Crippen molar-refractivity contribution in [3.05, 3.63) is 71.4 Å². The van der Waals surface area contributed by atoms with E-state index >= 15 is 0 Å². The average molecular weight is 471 g/mol. The third-order valence-corrected chi connectivity index (χ3v) is 6.36. The predicted molar refractivity (Wildman–Crippen MR) is 124 cm³/mol. The summed E-state index contributed by atoms with van der Waals surface area (Å²) in [5.41, 5.74) is 1.57. The van der Waals surface area contributed by atoms with Gasteiger partial charge in [-0.25, -0.2) is 9.97 Å². The van der Waals surface area contributed by atoms with Crippen LogP contribution in [0.5, 0.6) is 0 Å². The van der Waals surface area contributed by atoms with Gasteiger partial charge in [0, 0.05) is 29.7 Å². The van der Waals surface area contributed by atoms with Crippen LogP contribution in [-0.4, -0.2) is 41.2 Å². The van der Waals surface area contributed by atoms with Crippen LogP contribution in [0.15, 0.2) is 60.0 Å². The van der Waals surface area contributed by atoms with Crippen molar-refractivity contribution in [3.8, 4) is 11.1 Å². The molecule has 1 aliphatic heterocycles. The standard InChI is InChI=1S/C24H21F3N4OS/c25-24(26,27)17-7-4-8-18(13-17)28-22-21-19(16-5-2-1-3-6-16)15-33-23(21)30-20(29-22)14-31-9-11-32-12-10-31/h1-8,13,15H,9-12,14H2,(H,28,29,30). The Morgan fingerprint density at radius 3 is 2.55 bits per heavy atom. The van der Waals surface area contributed by atoms with Crippen LogP contribution in [0.2, 0.25) is 0 Å². The van der Waals surface area contributed by atoms with Crippen molar-refractivity contribution in [2.45, 2.75) is 12.7 Å². The molecule has 0 unspecified atom stereocenters. The molecule has 5 nitrogen and oxygen atoms in total. The molecule has 170 valence electrons. The Labute approximate surface area is 192 Å². The minimum Gasteiger partial charge on any atom is -0.379 e. The van der Waals surface area contributed by atoms with Crippen LogP contribution in [-0.2, 0) is 17.5 Å². The molecule has 3 heterocycles. The van der Waals surface area contributed by atoms with Gasteiger partial charge in [0.15, 0.2) is 0 Å². The summed E-state index contributed by atoms with van der Waals surface area (Å²) < 4.78 is 45.2. The van der Waals surface area contributed by atoms with Gasteiger partial charge in [0.2, 0.25) is 0 Å². The van der Waals surface area contributed by atoms with Gasteiger partial charge in [0.05, 0.1) is 30.7 Å². The number of ether oxygens (including phenoxy) is 1. The van der Waals surface area contributed by atoms with Gasteiger partial charge in [-0.2, -0.15) is 13.2 Å². The van der Waals surface area contributed by atoms with Crippen molar-refractivity contribution in [1.29, 1.82) is 0 Å². The van der Waals surface area contributed by atoms with E-state index in [4.69, 9.17) is 14.7 Å². The van der Waals surface area contributed by atoms with Crippen LogP contribution < -0.4 is 5.32 Å². The Kier molecular flexibility index (Phi) is 6.01. The zero-order chi connectivity index (χ0) is 22.8. The minimum atomic E-state index is -4.42. The smallest absolute Gasteiger partial charge is 0.379 e. The van der Waals surface area contributed by atoms with Crippen LogP contribution in [0.25, 0.3) is 21.3 Å². The fraction of sp³-hybridized carbons (Fsp3) is 0.250. The van der Waals surface area contributed by atoms with E-state index in [9.17, 15) is 13.2 Å². The van der Waals surface area contributed by atoms with Crippen molar-refractivity contribution < 1.29 is 17.9 Å². The van der Waals surface area contributed by atoms with Crippen molar-refractivity contribution >= 4 is 33.1 Å². The number of morpholine rings is 1. The van der Waals surface area contributed by atoms with Gasteiger partial charge < -0.3 is 10.1 Å². The highest BCUT2D eigenvalue weighted by molar-refractivity contribution is 7.17. The van der Waals surface area contributed by atoms with Gasteiger partial charge in [-0.05, 0) is 23.8 Å². The number of rotatable bonds is 5. The number of anilines is 2. The number of fused-ring (bicyclic) bond motifs is 1. The van der Waals surface area contributed by atoms with Crippen LogP contribution in [0.3, 0.4) is 0 Å². The average Bonchev–Trinajstić information content (AvgIpc) is 3.24. The van der Waals surface area contributed by atoms with Gasteiger partial charge in [-0.3, -0.25) is 4.90 Å². The molecule has 0 saturated carbocycles. The van der Waals surface area contributed by atoms with Gasteiger partial charge in [0.25, 0.3) is 0 Å². The summed E-state index contributed by atoms with van der Waals surface area (Å²) >= 11 is 1.50. The molecule has 1 N–H and O–H groups in total. The number of halogens is 3. The maximum Gasteiger partial charge on any atom is 0.416 e. The molecule has 0 spiro atoms. The Morgan fingerprint density at radius 2 is 1.79 bits per heavy atom. The van der Waals surface area contributed by atoms with E-state index in [1.807, 2.05) is 35.7 Å². The highest BCUT2D eigenvalue weighted by Gasteiger charge is 2.30. The van der Waals surface area contributed by atoms with Crippen LogP contribution in [0, 0.1) is 0 Å². The number of aromatic nitrogens is 2. The van der Waals surface area contributed by atoms with E-state index < -0.39 is 11.7 Å². The molecule has 2 aromatic heterocycles. The number of hydrogen-bond acceptors (Lipinski definition) is 6. The second kappa shape index (κ2) is 9.09. The first-order valence-electron chi connectivity index (χ1n) is 10.6. The van der Waals surface area contributed by atoms with Crippen molar-refractivity contribution in [1.82, 2.24) is 14.9 Å². The molecular weight excluding hydrogens is 449 g/mol. The maximum atomic E-state index is 13.3. The molecule has 0 radical (unpaired) electrons. The zero-order valence-corrected chi connectivity index (χ0v) is 18.4. The van der Waals surface area contributed by atoms with E-state index in [0.717, 1.165) is 46.6 Å². The molecule has 1 aliphatic rings. The number of alkyl halides is 3. The van der Waals surface area contributed by atoms with Gasteiger partial charge in [-0.1, -0.05) is 36.4 Å². The first-order valence-corrected chi connectivity index (χ1v) is 11.4. The molecule has 0 aliphatic carbocycles. The Hall–Kier alpha value is -3.01. The van der Waals surface area contributed by atoms with E-state index in [-0.39, 0.29) is 0 Å². The largest absolute Gasteiger partial charge is 0.416 e. The van der Waals surface area contributed by atoms with Crippen molar-refractivity contribution in [3.63, 3.8) is 0 Å². The van der Waals surface area contributed by atoms with E-state index in [1.54, 1.807) is 6.07 Å². The lowest BCUT2D eigenvalue weighted by atomic mass is 10.1. The molecular formula is C24H21F3N4OS. The summed E-state index contributed by atoms with van der Waals surface area (Å²) in [5.74, 6) is 1.13. The van der Waals surface area contributed by atoms with Crippen molar-refractivity contribution in [2.75, 3.05) is 31.6 Å². The Bertz CT molecular complexity index is 1250. The molecule has 5 rings (SSSR count). The lowest BCUT2D eigenvalue weighted by molar-refractivity contribution is -0.137. The van der Waals surface area contributed by atoms with Gasteiger partial charge >= 0.3 is 6.18 Å². The predicted octanol–water partition coefficient (Wildman–Crippen LogP) is 5.95. The number of benzene rings is 2. The summed E-state index contributed by atoms with van der Waals surface area (Å²) in [6.07, 6.45) is -4.42. The maximum absolute atomic E-state index is 13.3. The number of nitrogens with zero attached hydrogens (tertiary/aromatic N) is 3.